The van der Waals surface area contributed by atoms with Gasteiger partial charge in [0.05, 0.1) is 6.61 Å². The highest BCUT2D eigenvalue weighted by Crippen LogP contribution is 2.19. The lowest BCUT2D eigenvalue weighted by molar-refractivity contribution is 0.343. The molecule has 102 valence electrons. The Kier molecular flexibility index (Phi) is 4.85. The number of nitrogens with zero attached hydrogens (tertiary/aromatic N) is 2. The molecule has 1 aromatic heterocycles. The molecule has 0 saturated carbocycles. The Labute approximate surface area is 118 Å². The molecule has 0 atom stereocenters. The van der Waals surface area contributed by atoms with Crippen LogP contribution in [0, 0.1) is 6.92 Å². The van der Waals surface area contributed by atoms with Crippen LogP contribution in [0.15, 0.2) is 29.4 Å². The summed E-state index contributed by atoms with van der Waals surface area (Å²) in [6, 6.07) is 8.28. The van der Waals surface area contributed by atoms with Crippen LogP contribution in [0.4, 0.5) is 0 Å². The molecule has 0 radical (unpaired) electrons. The summed E-state index contributed by atoms with van der Waals surface area (Å²) in [5.74, 6) is 3.14. The first kappa shape index (κ1) is 13.9. The van der Waals surface area contributed by atoms with Crippen LogP contribution in [0.2, 0.25) is 0 Å². The molecule has 19 heavy (non-hydrogen) atoms. The molecule has 0 aliphatic rings. The number of benzene rings is 1. The van der Waals surface area contributed by atoms with Crippen LogP contribution in [0.1, 0.15) is 31.2 Å². The smallest absolute Gasteiger partial charge is 0.208 e. The van der Waals surface area contributed by atoms with Gasteiger partial charge in [0.25, 0.3) is 0 Å². The summed E-state index contributed by atoms with van der Waals surface area (Å²) in [4.78, 5) is 4.23. The summed E-state index contributed by atoms with van der Waals surface area (Å²) in [5, 5.41) is 7.66. The van der Waals surface area contributed by atoms with Gasteiger partial charge in [-0.3, -0.25) is 5.10 Å². The van der Waals surface area contributed by atoms with Crippen LogP contribution in [0.5, 0.6) is 5.75 Å². The molecular weight excluding hydrogens is 258 g/mol. The number of H-pyrrole nitrogens is 1. The van der Waals surface area contributed by atoms with Crippen LogP contribution < -0.4 is 4.74 Å². The Morgan fingerprint density at radius 3 is 2.58 bits per heavy atom. The second-order valence-electron chi connectivity index (χ2n) is 4.62. The summed E-state index contributed by atoms with van der Waals surface area (Å²) < 4.78 is 5.68. The van der Waals surface area contributed by atoms with Gasteiger partial charge in [0.15, 0.2) is 0 Å². The fraction of sp³-hybridized carbons (Fsp3) is 0.429. The molecular formula is C14H19N3OS. The molecule has 1 N–H and O–H groups in total. The molecule has 0 aliphatic carbocycles. The van der Waals surface area contributed by atoms with E-state index in [1.165, 1.54) is 5.56 Å². The number of rotatable bonds is 6. The van der Waals surface area contributed by atoms with Gasteiger partial charge in [0, 0.05) is 5.75 Å². The molecule has 5 heteroatoms. The van der Waals surface area contributed by atoms with E-state index in [0.717, 1.165) is 22.5 Å². The van der Waals surface area contributed by atoms with E-state index in [1.807, 2.05) is 19.1 Å². The van der Waals surface area contributed by atoms with Crippen LogP contribution in [0.3, 0.4) is 0 Å². The summed E-state index contributed by atoms with van der Waals surface area (Å²) >= 11 is 1.59. The monoisotopic (exact) mass is 277 g/mol. The molecule has 2 rings (SSSR count). The van der Waals surface area contributed by atoms with Crippen LogP contribution >= 0.6 is 11.8 Å². The number of nitrogens with one attached hydrogen (secondary N) is 1. The van der Waals surface area contributed by atoms with Gasteiger partial charge in [-0.2, -0.15) is 0 Å². The normalized spacial score (nSPS) is 10.9. The number of ether oxygens (including phenoxy) is 1. The van der Waals surface area contributed by atoms with E-state index in [0.29, 0.717) is 12.5 Å². The van der Waals surface area contributed by atoms with Gasteiger partial charge in [0.1, 0.15) is 11.6 Å². The molecule has 0 spiro atoms. The minimum Gasteiger partial charge on any atom is -0.493 e. The lowest BCUT2D eigenvalue weighted by atomic mass is 10.0. The van der Waals surface area contributed by atoms with Crippen molar-refractivity contribution in [3.63, 3.8) is 0 Å². The van der Waals surface area contributed by atoms with Crippen molar-refractivity contribution in [3.8, 4) is 5.75 Å². The van der Waals surface area contributed by atoms with Crippen molar-refractivity contribution < 1.29 is 4.74 Å². The number of aromatic amines is 1. The van der Waals surface area contributed by atoms with Gasteiger partial charge in [-0.15, -0.1) is 5.10 Å². The number of aromatic nitrogens is 3. The number of hydrogen-bond donors (Lipinski definition) is 1. The first-order valence-electron chi connectivity index (χ1n) is 6.39. The Balaban J connectivity index is 1.73. The van der Waals surface area contributed by atoms with E-state index in [1.54, 1.807) is 11.8 Å². The summed E-state index contributed by atoms with van der Waals surface area (Å²) in [6.07, 6.45) is 0. The molecule has 1 heterocycles. The van der Waals surface area contributed by atoms with Crippen molar-refractivity contribution in [2.24, 2.45) is 0 Å². The molecule has 0 amide bonds. The summed E-state index contributed by atoms with van der Waals surface area (Å²) in [7, 11) is 0. The van der Waals surface area contributed by atoms with Gasteiger partial charge in [0.2, 0.25) is 5.16 Å². The number of aryl methyl sites for hydroxylation is 1. The van der Waals surface area contributed by atoms with Gasteiger partial charge in [-0.1, -0.05) is 37.7 Å². The Morgan fingerprint density at radius 2 is 2.00 bits per heavy atom. The fourth-order valence-corrected chi connectivity index (χ4v) is 2.29. The molecule has 0 bridgehead atoms. The molecule has 4 nitrogen and oxygen atoms in total. The Hall–Kier alpha value is -1.49. The van der Waals surface area contributed by atoms with E-state index < -0.39 is 0 Å². The van der Waals surface area contributed by atoms with Crippen LogP contribution in [-0.2, 0) is 0 Å². The standard InChI is InChI=1S/C14H19N3OS/c1-10(2)12-4-6-13(7-5-12)18-8-9-19-14-15-11(3)16-17-14/h4-7,10H,8-9H2,1-3H3,(H,15,16,17). The zero-order valence-electron chi connectivity index (χ0n) is 11.5. The first-order valence-corrected chi connectivity index (χ1v) is 7.38. The van der Waals surface area contributed by atoms with Crippen LogP contribution in [-0.4, -0.2) is 27.5 Å². The predicted octanol–water partition coefficient (Wildman–Crippen LogP) is 3.41. The maximum absolute atomic E-state index is 5.68. The van der Waals surface area contributed by atoms with Crippen LogP contribution in [0.25, 0.3) is 0 Å². The zero-order valence-corrected chi connectivity index (χ0v) is 12.3. The molecule has 0 unspecified atom stereocenters. The third-order valence-electron chi connectivity index (χ3n) is 2.71. The maximum atomic E-state index is 5.68. The first-order chi connectivity index (χ1) is 9.15. The highest BCUT2D eigenvalue weighted by Gasteiger charge is 2.02. The second kappa shape index (κ2) is 6.61. The minimum absolute atomic E-state index is 0.554. The fourth-order valence-electron chi connectivity index (χ4n) is 1.63. The molecule has 0 fully saturated rings. The second-order valence-corrected chi connectivity index (χ2v) is 5.69. The highest BCUT2D eigenvalue weighted by molar-refractivity contribution is 7.99. The lowest BCUT2D eigenvalue weighted by Gasteiger charge is -2.08. The minimum atomic E-state index is 0.554. The van der Waals surface area contributed by atoms with Crippen molar-refractivity contribution in [2.45, 2.75) is 31.8 Å². The maximum Gasteiger partial charge on any atom is 0.208 e. The molecule has 2 aromatic rings. The predicted molar refractivity (Wildman–Crippen MR) is 77.9 cm³/mol. The average molecular weight is 277 g/mol. The summed E-state index contributed by atoms with van der Waals surface area (Å²) in [5.41, 5.74) is 1.33. The summed E-state index contributed by atoms with van der Waals surface area (Å²) in [6.45, 7) is 6.92. The third-order valence-corrected chi connectivity index (χ3v) is 3.52. The quantitative estimate of drug-likeness (QED) is 0.649. The number of hydrogen-bond acceptors (Lipinski definition) is 4. The Morgan fingerprint density at radius 1 is 1.26 bits per heavy atom. The average Bonchev–Trinajstić information content (AvgIpc) is 2.81. The van der Waals surface area contributed by atoms with Crippen molar-refractivity contribution in [1.82, 2.24) is 15.2 Å². The van der Waals surface area contributed by atoms with E-state index in [9.17, 15) is 0 Å². The molecule has 0 aliphatic heterocycles. The van der Waals surface area contributed by atoms with Crippen molar-refractivity contribution in [2.75, 3.05) is 12.4 Å². The van der Waals surface area contributed by atoms with E-state index in [-0.39, 0.29) is 0 Å². The third kappa shape index (κ3) is 4.28. The van der Waals surface area contributed by atoms with Crippen molar-refractivity contribution in [3.05, 3.63) is 35.7 Å². The molecule has 0 saturated heterocycles. The van der Waals surface area contributed by atoms with E-state index in [4.69, 9.17) is 4.74 Å². The van der Waals surface area contributed by atoms with Gasteiger partial charge < -0.3 is 4.74 Å². The molecule has 1 aromatic carbocycles. The largest absolute Gasteiger partial charge is 0.493 e. The lowest BCUT2D eigenvalue weighted by Crippen LogP contribution is -2.00. The SMILES string of the molecule is Cc1nc(SCCOc2ccc(C(C)C)cc2)n[nH]1. The topological polar surface area (TPSA) is 50.8 Å². The van der Waals surface area contributed by atoms with E-state index in [2.05, 4.69) is 41.2 Å². The van der Waals surface area contributed by atoms with E-state index >= 15 is 0 Å². The van der Waals surface area contributed by atoms with Gasteiger partial charge >= 0.3 is 0 Å². The Bertz CT molecular complexity index is 508. The number of thioether (sulfide) groups is 1. The zero-order chi connectivity index (χ0) is 13.7. The van der Waals surface area contributed by atoms with Gasteiger partial charge in [-0.25, -0.2) is 4.98 Å². The highest BCUT2D eigenvalue weighted by atomic mass is 32.2. The van der Waals surface area contributed by atoms with Crippen molar-refractivity contribution in [1.29, 1.82) is 0 Å². The van der Waals surface area contributed by atoms with Gasteiger partial charge in [-0.05, 0) is 30.5 Å². The van der Waals surface area contributed by atoms with Crippen molar-refractivity contribution >= 4 is 11.8 Å².